The maximum atomic E-state index is 13.2. The third-order valence-electron chi connectivity index (χ3n) is 4.13. The minimum atomic E-state index is -3.83. The molecule has 1 aromatic carbocycles. The Morgan fingerprint density at radius 2 is 1.94 bits per heavy atom. The maximum absolute atomic E-state index is 13.2. The van der Waals surface area contributed by atoms with Gasteiger partial charge in [-0.15, -0.1) is 0 Å². The number of rotatable bonds is 10. The fraction of sp³-hybridized carbons (Fsp3) is 0.211. The Kier molecular flexibility index (Phi) is 8.11. The van der Waals surface area contributed by atoms with Crippen molar-refractivity contribution in [1.82, 2.24) is 19.3 Å². The lowest BCUT2D eigenvalue weighted by Crippen LogP contribution is -2.29. The number of amides is 1. The van der Waals surface area contributed by atoms with Crippen molar-refractivity contribution in [2.75, 3.05) is 25.5 Å². The monoisotopic (exact) mass is 494 g/mol. The molecule has 0 aliphatic carbocycles. The normalized spacial score (nSPS) is 12.1. The Hall–Kier alpha value is -3.33. The van der Waals surface area contributed by atoms with Crippen molar-refractivity contribution in [2.24, 2.45) is 5.16 Å². The predicted molar refractivity (Wildman–Crippen MR) is 117 cm³/mol. The van der Waals surface area contributed by atoms with Gasteiger partial charge in [0.15, 0.2) is 28.4 Å². The number of aliphatic hydroxyl groups excluding tert-OH is 1. The van der Waals surface area contributed by atoms with E-state index in [1.54, 1.807) is 6.07 Å². The van der Waals surface area contributed by atoms with Crippen LogP contribution in [-0.4, -0.2) is 64.6 Å². The Labute approximate surface area is 192 Å². The molecule has 0 spiro atoms. The number of oxime groups is 1. The van der Waals surface area contributed by atoms with E-state index in [0.29, 0.717) is 17.2 Å². The molecule has 0 fully saturated rings. The predicted octanol–water partition coefficient (Wildman–Crippen LogP) is 1.24. The van der Waals surface area contributed by atoms with Crippen LogP contribution in [0.4, 0.5) is 9.52 Å². The fourth-order valence-electron chi connectivity index (χ4n) is 2.48. The van der Waals surface area contributed by atoms with Gasteiger partial charge >= 0.3 is 0 Å². The molecule has 3 aromatic rings. The first-order chi connectivity index (χ1) is 15.8. The summed E-state index contributed by atoms with van der Waals surface area (Å²) >= 11 is 0.632. The zero-order valence-electron chi connectivity index (χ0n) is 17.3. The Morgan fingerprint density at radius 3 is 2.55 bits per heavy atom. The number of benzene rings is 1. The van der Waals surface area contributed by atoms with E-state index in [9.17, 15) is 17.6 Å². The van der Waals surface area contributed by atoms with Crippen LogP contribution in [0.3, 0.4) is 0 Å². The van der Waals surface area contributed by atoms with E-state index in [4.69, 9.17) is 9.94 Å². The number of halogens is 1. The van der Waals surface area contributed by atoms with Gasteiger partial charge in [0.25, 0.3) is 5.91 Å². The van der Waals surface area contributed by atoms with Crippen molar-refractivity contribution in [2.45, 2.75) is 11.5 Å². The summed E-state index contributed by atoms with van der Waals surface area (Å²) in [6.45, 7) is -0.522. The molecule has 3 rings (SSSR count). The van der Waals surface area contributed by atoms with Gasteiger partial charge in [0.2, 0.25) is 10.0 Å². The SMILES string of the molecule is CN(CCO)S(=O)(=O)c1ccc(C(=NOCc2ncccn2)C(=O)Nc2ncc(F)s2)cc1. The molecule has 2 heterocycles. The summed E-state index contributed by atoms with van der Waals surface area (Å²) in [4.78, 5) is 29.7. The molecular formula is C19H19FN6O5S2. The topological polar surface area (TPSA) is 147 Å². The van der Waals surface area contributed by atoms with E-state index in [1.807, 2.05) is 0 Å². The molecule has 0 saturated carbocycles. The summed E-state index contributed by atoms with van der Waals surface area (Å²) in [7, 11) is -2.49. The lowest BCUT2D eigenvalue weighted by atomic mass is 10.1. The summed E-state index contributed by atoms with van der Waals surface area (Å²) in [5.41, 5.74) is 0.0384. The van der Waals surface area contributed by atoms with E-state index >= 15 is 0 Å². The number of carbonyl (C=O) groups is 1. The highest BCUT2D eigenvalue weighted by Gasteiger charge is 2.22. The number of aliphatic hydroxyl groups is 1. The number of thiazole rings is 1. The molecule has 0 aliphatic heterocycles. The van der Waals surface area contributed by atoms with Crippen molar-refractivity contribution < 1.29 is 27.5 Å². The Bertz CT molecular complexity index is 1220. The first-order valence-electron chi connectivity index (χ1n) is 9.37. The van der Waals surface area contributed by atoms with Gasteiger partial charge < -0.3 is 9.94 Å². The molecule has 0 atom stereocenters. The highest BCUT2D eigenvalue weighted by atomic mass is 32.2. The highest BCUT2D eigenvalue weighted by Crippen LogP contribution is 2.18. The quantitative estimate of drug-likeness (QED) is 0.316. The van der Waals surface area contributed by atoms with Crippen LogP contribution in [0, 0.1) is 5.13 Å². The lowest BCUT2D eigenvalue weighted by Gasteiger charge is -2.16. The maximum Gasteiger partial charge on any atom is 0.280 e. The van der Waals surface area contributed by atoms with Crippen LogP contribution in [0.2, 0.25) is 0 Å². The number of likely N-dealkylation sites (N-methyl/N-ethyl adjacent to an activating group) is 1. The van der Waals surface area contributed by atoms with Gasteiger partial charge in [-0.2, -0.15) is 8.70 Å². The van der Waals surface area contributed by atoms with Gasteiger partial charge in [-0.25, -0.2) is 23.4 Å². The van der Waals surface area contributed by atoms with Crippen LogP contribution in [0.15, 0.2) is 59.0 Å². The van der Waals surface area contributed by atoms with Crippen LogP contribution in [-0.2, 0) is 26.3 Å². The van der Waals surface area contributed by atoms with Crippen molar-refractivity contribution in [1.29, 1.82) is 0 Å². The number of hydrogen-bond acceptors (Lipinski definition) is 10. The van der Waals surface area contributed by atoms with Gasteiger partial charge in [0.05, 0.1) is 17.7 Å². The lowest BCUT2D eigenvalue weighted by molar-refractivity contribution is -0.110. The van der Waals surface area contributed by atoms with E-state index in [0.717, 1.165) is 10.5 Å². The Morgan fingerprint density at radius 1 is 1.24 bits per heavy atom. The zero-order valence-corrected chi connectivity index (χ0v) is 18.9. The van der Waals surface area contributed by atoms with E-state index in [2.05, 4.69) is 25.4 Å². The summed E-state index contributed by atoms with van der Waals surface area (Å²) in [5.74, 6) is -0.414. The van der Waals surface area contributed by atoms with Crippen LogP contribution in [0.5, 0.6) is 0 Å². The van der Waals surface area contributed by atoms with Crippen LogP contribution >= 0.6 is 11.3 Å². The number of carbonyl (C=O) groups excluding carboxylic acids is 1. The molecule has 174 valence electrons. The summed E-state index contributed by atoms with van der Waals surface area (Å²) in [5, 5.41) is 14.7. The molecule has 0 bridgehead atoms. The summed E-state index contributed by atoms with van der Waals surface area (Å²) in [6.07, 6.45) is 4.00. The minimum Gasteiger partial charge on any atom is -0.395 e. The molecule has 1 amide bonds. The van der Waals surface area contributed by atoms with Crippen molar-refractivity contribution in [3.63, 3.8) is 0 Å². The van der Waals surface area contributed by atoms with Gasteiger partial charge in [0, 0.05) is 31.5 Å². The van der Waals surface area contributed by atoms with Crippen molar-refractivity contribution >= 4 is 38.1 Å². The second-order valence-electron chi connectivity index (χ2n) is 6.38. The van der Waals surface area contributed by atoms with Gasteiger partial charge in [-0.3, -0.25) is 10.1 Å². The molecule has 0 radical (unpaired) electrons. The van der Waals surface area contributed by atoms with Crippen LogP contribution in [0.1, 0.15) is 11.4 Å². The number of hydrogen-bond donors (Lipinski definition) is 2. The van der Waals surface area contributed by atoms with Gasteiger partial charge in [0.1, 0.15) is 0 Å². The first kappa shape index (κ1) is 24.3. The number of nitrogens with one attached hydrogen (secondary N) is 1. The molecule has 0 unspecified atom stereocenters. The van der Waals surface area contributed by atoms with E-state index in [1.165, 1.54) is 43.7 Å². The van der Waals surface area contributed by atoms with Crippen molar-refractivity contribution in [3.8, 4) is 0 Å². The largest absolute Gasteiger partial charge is 0.395 e. The summed E-state index contributed by atoms with van der Waals surface area (Å²) < 4.78 is 39.3. The van der Waals surface area contributed by atoms with Gasteiger partial charge in [-0.05, 0) is 18.2 Å². The fourth-order valence-corrected chi connectivity index (χ4v) is 4.18. The van der Waals surface area contributed by atoms with E-state index < -0.39 is 21.1 Å². The molecule has 14 heteroatoms. The van der Waals surface area contributed by atoms with Gasteiger partial charge in [-0.1, -0.05) is 28.6 Å². The average molecular weight is 495 g/mol. The van der Waals surface area contributed by atoms with Crippen LogP contribution in [0.25, 0.3) is 0 Å². The van der Waals surface area contributed by atoms with Crippen molar-refractivity contribution in [3.05, 3.63) is 65.4 Å². The smallest absolute Gasteiger partial charge is 0.280 e. The van der Waals surface area contributed by atoms with E-state index in [-0.39, 0.29) is 41.1 Å². The third kappa shape index (κ3) is 6.35. The molecular weight excluding hydrogens is 475 g/mol. The Balaban J connectivity index is 1.86. The second-order valence-corrected chi connectivity index (χ2v) is 9.40. The first-order valence-corrected chi connectivity index (χ1v) is 11.6. The molecule has 2 N–H and O–H groups in total. The average Bonchev–Trinajstić information content (AvgIpc) is 3.22. The molecule has 2 aromatic heterocycles. The molecule has 0 saturated heterocycles. The minimum absolute atomic E-state index is 0.0152. The molecule has 0 aliphatic rings. The summed E-state index contributed by atoms with van der Waals surface area (Å²) in [6, 6.07) is 6.98. The number of sulfonamides is 1. The van der Waals surface area contributed by atoms with Crippen LogP contribution < -0.4 is 5.32 Å². The molecule has 11 nitrogen and oxygen atoms in total. The standard InChI is InChI=1S/C19H19FN6O5S2/c1-26(9-10-27)33(29,30)14-5-3-13(4-6-14)17(18(28)24-19-23-11-15(20)32-19)25-31-12-16-21-7-2-8-22-16/h2-8,11,27H,9-10,12H2,1H3,(H,23,24,28). The number of nitrogens with zero attached hydrogens (tertiary/aromatic N) is 5. The zero-order chi connectivity index (χ0) is 23.8. The number of aromatic nitrogens is 3. The molecule has 33 heavy (non-hydrogen) atoms. The second kappa shape index (κ2) is 11.0. The third-order valence-corrected chi connectivity index (χ3v) is 6.70. The number of anilines is 1. The highest BCUT2D eigenvalue weighted by molar-refractivity contribution is 7.89.